The lowest BCUT2D eigenvalue weighted by Crippen LogP contribution is -2.23. The van der Waals surface area contributed by atoms with Gasteiger partial charge in [-0.2, -0.15) is 0 Å². The van der Waals surface area contributed by atoms with Gasteiger partial charge in [-0.15, -0.1) is 0 Å². The maximum atomic E-state index is 13.7. The number of nitrogens with zero attached hydrogens (tertiary/aromatic N) is 3. The molecular formula is C15H16FN3O. The molecule has 1 saturated heterocycles. The smallest absolute Gasteiger partial charge is 0.165 e. The second kappa shape index (κ2) is 5.86. The molecule has 2 aromatic heterocycles. The highest BCUT2D eigenvalue weighted by Gasteiger charge is 2.25. The van der Waals surface area contributed by atoms with E-state index in [1.807, 2.05) is 17.0 Å². The number of halogens is 1. The van der Waals surface area contributed by atoms with E-state index >= 15 is 0 Å². The molecule has 0 saturated carbocycles. The van der Waals surface area contributed by atoms with Crippen molar-refractivity contribution < 1.29 is 9.13 Å². The van der Waals surface area contributed by atoms with E-state index in [-0.39, 0.29) is 5.82 Å². The van der Waals surface area contributed by atoms with E-state index in [0.717, 1.165) is 25.3 Å². The lowest BCUT2D eigenvalue weighted by atomic mass is 10.1. The van der Waals surface area contributed by atoms with Crippen LogP contribution in [-0.2, 0) is 0 Å². The fraction of sp³-hybridized carbons (Fsp3) is 0.333. The van der Waals surface area contributed by atoms with Gasteiger partial charge < -0.3 is 9.64 Å². The molecule has 1 unspecified atom stereocenters. The van der Waals surface area contributed by atoms with Crippen molar-refractivity contribution in [1.29, 1.82) is 0 Å². The van der Waals surface area contributed by atoms with Crippen LogP contribution in [0.3, 0.4) is 0 Å². The Morgan fingerprint density at radius 2 is 2.10 bits per heavy atom. The monoisotopic (exact) mass is 273 g/mol. The first-order valence-corrected chi connectivity index (χ1v) is 6.71. The number of hydrogen-bond donors (Lipinski definition) is 0. The maximum absolute atomic E-state index is 13.7. The minimum absolute atomic E-state index is 0.261. The van der Waals surface area contributed by atoms with Crippen molar-refractivity contribution in [2.75, 3.05) is 24.6 Å². The van der Waals surface area contributed by atoms with Crippen molar-refractivity contribution in [1.82, 2.24) is 9.97 Å². The molecule has 104 valence electrons. The first kappa shape index (κ1) is 12.8. The molecule has 20 heavy (non-hydrogen) atoms. The molecule has 3 rings (SSSR count). The average molecular weight is 273 g/mol. The second-order valence-electron chi connectivity index (χ2n) is 4.90. The Kier molecular flexibility index (Phi) is 3.76. The van der Waals surface area contributed by atoms with Crippen LogP contribution in [-0.4, -0.2) is 29.7 Å². The summed E-state index contributed by atoms with van der Waals surface area (Å²) in [4.78, 5) is 10.0. The van der Waals surface area contributed by atoms with Crippen LogP contribution in [0.5, 0.6) is 5.75 Å². The van der Waals surface area contributed by atoms with Gasteiger partial charge in [0, 0.05) is 37.6 Å². The van der Waals surface area contributed by atoms with Gasteiger partial charge in [-0.05, 0) is 30.7 Å². The Morgan fingerprint density at radius 1 is 1.25 bits per heavy atom. The molecule has 0 aliphatic carbocycles. The topological polar surface area (TPSA) is 38.2 Å². The van der Waals surface area contributed by atoms with Crippen molar-refractivity contribution in [3.05, 3.63) is 48.7 Å². The minimum atomic E-state index is -0.261. The Morgan fingerprint density at radius 3 is 2.90 bits per heavy atom. The van der Waals surface area contributed by atoms with Gasteiger partial charge in [0.05, 0.1) is 6.61 Å². The molecule has 1 aliphatic rings. The quantitative estimate of drug-likeness (QED) is 0.858. The lowest BCUT2D eigenvalue weighted by Gasteiger charge is -2.18. The largest absolute Gasteiger partial charge is 0.493 e. The summed E-state index contributed by atoms with van der Waals surface area (Å²) >= 11 is 0. The zero-order valence-electron chi connectivity index (χ0n) is 11.1. The van der Waals surface area contributed by atoms with E-state index < -0.39 is 0 Å². The molecule has 5 heteroatoms. The van der Waals surface area contributed by atoms with Gasteiger partial charge in [0.1, 0.15) is 5.75 Å². The summed E-state index contributed by atoms with van der Waals surface area (Å²) in [5.41, 5.74) is 0. The molecule has 1 atom stereocenters. The van der Waals surface area contributed by atoms with Crippen molar-refractivity contribution in [3.63, 3.8) is 0 Å². The van der Waals surface area contributed by atoms with Crippen molar-refractivity contribution in [2.24, 2.45) is 5.92 Å². The van der Waals surface area contributed by atoms with E-state index in [0.29, 0.717) is 18.3 Å². The molecule has 0 N–H and O–H groups in total. The molecule has 0 radical (unpaired) electrons. The zero-order chi connectivity index (χ0) is 13.8. The van der Waals surface area contributed by atoms with Crippen LogP contribution in [0.4, 0.5) is 10.2 Å². The van der Waals surface area contributed by atoms with E-state index in [4.69, 9.17) is 4.74 Å². The Bertz CT molecular complexity index is 564. The SMILES string of the molecule is Fc1cccnc1N1CCC(COc2ccncc2)C1. The molecule has 1 fully saturated rings. The molecule has 1 aliphatic heterocycles. The normalized spacial score (nSPS) is 18.2. The van der Waals surface area contributed by atoms with E-state index in [9.17, 15) is 4.39 Å². The van der Waals surface area contributed by atoms with Crippen LogP contribution >= 0.6 is 0 Å². The fourth-order valence-corrected chi connectivity index (χ4v) is 2.42. The van der Waals surface area contributed by atoms with Crippen LogP contribution in [0.25, 0.3) is 0 Å². The number of ether oxygens (including phenoxy) is 1. The third-order valence-corrected chi connectivity index (χ3v) is 3.46. The van der Waals surface area contributed by atoms with E-state index in [1.165, 1.54) is 6.07 Å². The highest BCUT2D eigenvalue weighted by atomic mass is 19.1. The maximum Gasteiger partial charge on any atom is 0.165 e. The zero-order valence-corrected chi connectivity index (χ0v) is 11.1. The molecule has 3 heterocycles. The molecule has 4 nitrogen and oxygen atoms in total. The standard InChI is InChI=1S/C15H16FN3O/c16-14-2-1-6-18-15(14)19-9-5-12(10-19)11-20-13-3-7-17-8-4-13/h1-4,6-8,12H,5,9-11H2. The molecule has 0 aromatic carbocycles. The van der Waals surface area contributed by atoms with Gasteiger partial charge in [-0.3, -0.25) is 4.98 Å². The second-order valence-corrected chi connectivity index (χ2v) is 4.90. The summed E-state index contributed by atoms with van der Waals surface area (Å²) in [6.45, 7) is 2.23. The van der Waals surface area contributed by atoms with Crippen molar-refractivity contribution in [3.8, 4) is 5.75 Å². The summed E-state index contributed by atoms with van der Waals surface area (Å²) < 4.78 is 19.4. The van der Waals surface area contributed by atoms with Crippen molar-refractivity contribution in [2.45, 2.75) is 6.42 Å². The van der Waals surface area contributed by atoms with Gasteiger partial charge in [0.25, 0.3) is 0 Å². The van der Waals surface area contributed by atoms with Crippen LogP contribution in [0.15, 0.2) is 42.9 Å². The Labute approximate surface area is 117 Å². The first-order valence-electron chi connectivity index (χ1n) is 6.71. The first-order chi connectivity index (χ1) is 9.83. The number of pyridine rings is 2. The molecule has 0 amide bonds. The molecule has 2 aromatic rings. The summed E-state index contributed by atoms with van der Waals surface area (Å²) in [6, 6.07) is 6.73. The fourth-order valence-electron chi connectivity index (χ4n) is 2.42. The van der Waals surface area contributed by atoms with E-state index in [2.05, 4.69) is 9.97 Å². The molecule has 0 bridgehead atoms. The van der Waals surface area contributed by atoms with Gasteiger partial charge >= 0.3 is 0 Å². The van der Waals surface area contributed by atoms with Gasteiger partial charge in [0.2, 0.25) is 0 Å². The van der Waals surface area contributed by atoms with Gasteiger partial charge in [-0.25, -0.2) is 9.37 Å². The summed E-state index contributed by atoms with van der Waals surface area (Å²) in [7, 11) is 0. The molecule has 0 spiro atoms. The number of rotatable bonds is 4. The van der Waals surface area contributed by atoms with Gasteiger partial charge in [0.15, 0.2) is 11.6 Å². The number of anilines is 1. The highest BCUT2D eigenvalue weighted by Crippen LogP contribution is 2.24. The third-order valence-electron chi connectivity index (χ3n) is 3.46. The lowest BCUT2D eigenvalue weighted by molar-refractivity contribution is 0.261. The van der Waals surface area contributed by atoms with Crippen LogP contribution in [0.1, 0.15) is 6.42 Å². The van der Waals surface area contributed by atoms with Crippen LogP contribution < -0.4 is 9.64 Å². The Hall–Kier alpha value is -2.17. The number of hydrogen-bond acceptors (Lipinski definition) is 4. The molecular weight excluding hydrogens is 257 g/mol. The predicted molar refractivity (Wildman–Crippen MR) is 74.2 cm³/mol. The van der Waals surface area contributed by atoms with Crippen molar-refractivity contribution >= 4 is 5.82 Å². The summed E-state index contributed by atoms with van der Waals surface area (Å²) in [5.74, 6) is 1.40. The van der Waals surface area contributed by atoms with Crippen LogP contribution in [0, 0.1) is 11.7 Å². The van der Waals surface area contributed by atoms with Gasteiger partial charge in [-0.1, -0.05) is 0 Å². The Balaban J connectivity index is 1.56. The summed E-state index contributed by atoms with van der Waals surface area (Å²) in [5, 5.41) is 0. The van der Waals surface area contributed by atoms with E-state index in [1.54, 1.807) is 24.7 Å². The average Bonchev–Trinajstić information content (AvgIpc) is 2.95. The minimum Gasteiger partial charge on any atom is -0.493 e. The third kappa shape index (κ3) is 2.87. The predicted octanol–water partition coefficient (Wildman–Crippen LogP) is 2.52. The summed E-state index contributed by atoms with van der Waals surface area (Å²) in [6.07, 6.45) is 6.03. The highest BCUT2D eigenvalue weighted by molar-refractivity contribution is 5.40. The van der Waals surface area contributed by atoms with Crippen LogP contribution in [0.2, 0.25) is 0 Å². The number of aromatic nitrogens is 2.